The van der Waals surface area contributed by atoms with Crippen LogP contribution < -0.4 is 10.1 Å². The molecule has 1 N–H and O–H groups in total. The summed E-state index contributed by atoms with van der Waals surface area (Å²) in [5.74, 6) is 0.875. The maximum Gasteiger partial charge on any atom is 0.274 e. The number of carbonyl (C=O) groups is 1. The molecule has 2 aromatic rings. The van der Waals surface area contributed by atoms with E-state index >= 15 is 0 Å². The van der Waals surface area contributed by atoms with Gasteiger partial charge in [-0.1, -0.05) is 18.2 Å². The molecule has 29 heavy (non-hydrogen) atoms. The average molecular weight is 399 g/mol. The smallest absolute Gasteiger partial charge is 0.274 e. The van der Waals surface area contributed by atoms with Gasteiger partial charge in [0.05, 0.1) is 25.9 Å². The molecule has 1 atom stereocenters. The first-order valence-corrected chi connectivity index (χ1v) is 10.5. The van der Waals surface area contributed by atoms with E-state index in [1.54, 1.807) is 7.11 Å². The van der Waals surface area contributed by atoms with Crippen molar-refractivity contribution in [3.8, 4) is 5.75 Å². The predicted octanol–water partition coefficient (Wildman–Crippen LogP) is 2.64. The number of nitrogens with one attached hydrogen (secondary N) is 1. The van der Waals surface area contributed by atoms with E-state index in [1.807, 2.05) is 46.1 Å². The highest BCUT2D eigenvalue weighted by atomic mass is 16.5. The van der Waals surface area contributed by atoms with Crippen molar-refractivity contribution in [3.63, 3.8) is 0 Å². The van der Waals surface area contributed by atoms with Gasteiger partial charge in [0.15, 0.2) is 0 Å². The van der Waals surface area contributed by atoms with Gasteiger partial charge in [-0.25, -0.2) is 0 Å². The summed E-state index contributed by atoms with van der Waals surface area (Å²) in [7, 11) is 1.68. The molecular formula is C22H30N4O3. The van der Waals surface area contributed by atoms with Crippen molar-refractivity contribution >= 4 is 5.91 Å². The van der Waals surface area contributed by atoms with Gasteiger partial charge in [-0.3, -0.25) is 9.48 Å². The average Bonchev–Trinajstić information content (AvgIpc) is 3.29. The van der Waals surface area contributed by atoms with Crippen LogP contribution in [0.1, 0.15) is 47.8 Å². The van der Waals surface area contributed by atoms with E-state index in [1.165, 1.54) is 0 Å². The number of rotatable bonds is 6. The third kappa shape index (κ3) is 4.79. The van der Waals surface area contributed by atoms with E-state index in [0.29, 0.717) is 31.4 Å². The Bertz CT molecular complexity index is 808. The van der Waals surface area contributed by atoms with Crippen LogP contribution in [0.2, 0.25) is 0 Å². The fourth-order valence-electron chi connectivity index (χ4n) is 4.13. The van der Waals surface area contributed by atoms with Crippen molar-refractivity contribution in [3.05, 3.63) is 47.8 Å². The number of piperidine rings is 2. The summed E-state index contributed by atoms with van der Waals surface area (Å²) in [6, 6.07) is 10.1. The van der Waals surface area contributed by atoms with E-state index in [-0.39, 0.29) is 12.0 Å². The Kier molecular flexibility index (Phi) is 6.46. The molecule has 0 bridgehead atoms. The fraction of sp³-hybridized carbons (Fsp3) is 0.545. The summed E-state index contributed by atoms with van der Waals surface area (Å²) in [5.41, 5.74) is 1.60. The Morgan fingerprint density at radius 2 is 2.03 bits per heavy atom. The van der Waals surface area contributed by atoms with Crippen LogP contribution in [0.15, 0.2) is 36.5 Å². The lowest BCUT2D eigenvalue weighted by Gasteiger charge is -2.31. The molecule has 1 unspecified atom stereocenters. The number of carbonyl (C=O) groups excluding carboxylic acids is 1. The van der Waals surface area contributed by atoms with Crippen LogP contribution in [0.4, 0.5) is 0 Å². The van der Waals surface area contributed by atoms with E-state index in [2.05, 4.69) is 10.4 Å². The van der Waals surface area contributed by atoms with Crippen molar-refractivity contribution < 1.29 is 14.3 Å². The predicted molar refractivity (Wildman–Crippen MR) is 110 cm³/mol. The number of ether oxygens (including phenoxy) is 2. The van der Waals surface area contributed by atoms with Gasteiger partial charge in [0.2, 0.25) is 0 Å². The van der Waals surface area contributed by atoms with E-state index in [4.69, 9.17) is 9.47 Å². The van der Waals surface area contributed by atoms with Gasteiger partial charge in [-0.15, -0.1) is 0 Å². The maximum absolute atomic E-state index is 12.8. The van der Waals surface area contributed by atoms with Gasteiger partial charge in [-0.05, 0) is 44.4 Å². The van der Waals surface area contributed by atoms with Crippen LogP contribution in [0.25, 0.3) is 0 Å². The van der Waals surface area contributed by atoms with E-state index in [0.717, 1.165) is 50.1 Å². The molecule has 0 aliphatic carbocycles. The fourth-order valence-corrected chi connectivity index (χ4v) is 4.13. The molecule has 7 nitrogen and oxygen atoms in total. The van der Waals surface area contributed by atoms with Crippen LogP contribution in [-0.2, 0) is 11.3 Å². The van der Waals surface area contributed by atoms with Gasteiger partial charge < -0.3 is 19.7 Å². The summed E-state index contributed by atoms with van der Waals surface area (Å²) in [6.07, 6.45) is 6.04. The van der Waals surface area contributed by atoms with Gasteiger partial charge >= 0.3 is 0 Å². The van der Waals surface area contributed by atoms with Gasteiger partial charge in [0.1, 0.15) is 11.4 Å². The summed E-state index contributed by atoms with van der Waals surface area (Å²) in [6.45, 7) is 3.92. The highest BCUT2D eigenvalue weighted by Gasteiger charge is 2.26. The maximum atomic E-state index is 12.8. The minimum absolute atomic E-state index is 0.0238. The lowest BCUT2D eigenvalue weighted by Crippen LogP contribution is -2.41. The second kappa shape index (κ2) is 9.41. The second-order valence-electron chi connectivity index (χ2n) is 7.80. The molecule has 1 aromatic carbocycles. The molecule has 2 fully saturated rings. The number of hydrogen-bond acceptors (Lipinski definition) is 5. The zero-order chi connectivity index (χ0) is 20.1. The summed E-state index contributed by atoms with van der Waals surface area (Å²) in [4.78, 5) is 14.7. The van der Waals surface area contributed by atoms with E-state index < -0.39 is 0 Å². The molecular weight excluding hydrogens is 368 g/mol. The van der Waals surface area contributed by atoms with Crippen LogP contribution >= 0.6 is 0 Å². The molecule has 0 radical (unpaired) electrons. The number of likely N-dealkylation sites (tertiary alicyclic amines) is 1. The SMILES string of the molecule is COc1ccccc1COC1CCN(C(=O)c2ccn(C3CCCNC3)n2)CC1. The van der Waals surface area contributed by atoms with Crippen molar-refractivity contribution in [2.75, 3.05) is 33.3 Å². The Morgan fingerprint density at radius 1 is 1.21 bits per heavy atom. The second-order valence-corrected chi connectivity index (χ2v) is 7.80. The highest BCUT2D eigenvalue weighted by molar-refractivity contribution is 5.92. The molecule has 2 saturated heterocycles. The number of para-hydroxylation sites is 1. The first-order valence-electron chi connectivity index (χ1n) is 10.5. The molecule has 2 aliphatic heterocycles. The van der Waals surface area contributed by atoms with Crippen molar-refractivity contribution in [1.29, 1.82) is 0 Å². The van der Waals surface area contributed by atoms with Gasteiger partial charge in [0, 0.05) is 31.4 Å². The zero-order valence-corrected chi connectivity index (χ0v) is 17.0. The number of aromatic nitrogens is 2. The van der Waals surface area contributed by atoms with E-state index in [9.17, 15) is 4.79 Å². The third-order valence-corrected chi connectivity index (χ3v) is 5.87. The number of methoxy groups -OCH3 is 1. The molecule has 0 saturated carbocycles. The molecule has 3 heterocycles. The minimum atomic E-state index is 0.0238. The number of nitrogens with zero attached hydrogens (tertiary/aromatic N) is 3. The molecule has 7 heteroatoms. The third-order valence-electron chi connectivity index (χ3n) is 5.87. The standard InChI is InChI=1S/C22H30N4O3/c1-28-21-7-3-2-5-17(21)16-29-19-8-12-25(13-9-19)22(27)20-10-14-26(24-20)18-6-4-11-23-15-18/h2-3,5,7,10,14,18-19,23H,4,6,8-9,11-13,15-16H2,1H3. The van der Waals surface area contributed by atoms with Crippen LogP contribution in [-0.4, -0.2) is 60.0 Å². The summed E-state index contributed by atoms with van der Waals surface area (Å²) < 4.78 is 13.4. The minimum Gasteiger partial charge on any atom is -0.496 e. The Balaban J connectivity index is 1.27. The van der Waals surface area contributed by atoms with Crippen LogP contribution in [0.3, 0.4) is 0 Å². The Morgan fingerprint density at radius 3 is 2.79 bits per heavy atom. The first kappa shape index (κ1) is 19.9. The van der Waals surface area contributed by atoms with Crippen LogP contribution in [0, 0.1) is 0 Å². The van der Waals surface area contributed by atoms with Gasteiger partial charge in [-0.2, -0.15) is 5.10 Å². The molecule has 0 spiro atoms. The molecule has 4 rings (SSSR count). The molecule has 1 aromatic heterocycles. The lowest BCUT2D eigenvalue weighted by molar-refractivity contribution is -0.00111. The van der Waals surface area contributed by atoms with Crippen molar-refractivity contribution in [2.24, 2.45) is 0 Å². The lowest BCUT2D eigenvalue weighted by atomic mass is 10.1. The number of amides is 1. The summed E-state index contributed by atoms with van der Waals surface area (Å²) in [5, 5.41) is 7.96. The van der Waals surface area contributed by atoms with Crippen LogP contribution in [0.5, 0.6) is 5.75 Å². The largest absolute Gasteiger partial charge is 0.496 e. The Labute approximate surface area is 172 Å². The first-order chi connectivity index (χ1) is 14.2. The summed E-state index contributed by atoms with van der Waals surface area (Å²) >= 11 is 0. The number of hydrogen-bond donors (Lipinski definition) is 1. The van der Waals surface area contributed by atoms with Gasteiger partial charge in [0.25, 0.3) is 5.91 Å². The zero-order valence-electron chi connectivity index (χ0n) is 17.0. The monoisotopic (exact) mass is 398 g/mol. The number of benzene rings is 1. The quantitative estimate of drug-likeness (QED) is 0.810. The van der Waals surface area contributed by atoms with Crippen molar-refractivity contribution in [2.45, 2.75) is 44.4 Å². The van der Waals surface area contributed by atoms with Crippen molar-refractivity contribution in [1.82, 2.24) is 20.0 Å². The normalized spacial score (nSPS) is 20.6. The molecule has 2 aliphatic rings. The highest BCUT2D eigenvalue weighted by Crippen LogP contribution is 2.22. The topological polar surface area (TPSA) is 68.6 Å². The Hall–Kier alpha value is -2.38. The molecule has 156 valence electrons. The molecule has 1 amide bonds.